The van der Waals surface area contributed by atoms with Crippen LogP contribution in [0, 0.1) is 5.92 Å². The SMILES string of the molecule is CN1CCC(CCNCC2CCCN2)CC1. The molecule has 0 amide bonds. The van der Waals surface area contributed by atoms with E-state index >= 15 is 0 Å². The minimum Gasteiger partial charge on any atom is -0.315 e. The highest BCUT2D eigenvalue weighted by Gasteiger charge is 2.16. The van der Waals surface area contributed by atoms with Crippen molar-refractivity contribution in [2.75, 3.05) is 39.8 Å². The first-order valence-electron chi connectivity index (χ1n) is 6.97. The number of likely N-dealkylation sites (tertiary alicyclic amines) is 1. The highest BCUT2D eigenvalue weighted by Crippen LogP contribution is 2.18. The molecule has 0 spiro atoms. The summed E-state index contributed by atoms with van der Waals surface area (Å²) in [4.78, 5) is 2.45. The van der Waals surface area contributed by atoms with E-state index in [1.54, 1.807) is 0 Å². The van der Waals surface area contributed by atoms with Gasteiger partial charge < -0.3 is 15.5 Å². The normalized spacial score (nSPS) is 28.7. The number of nitrogens with zero attached hydrogens (tertiary/aromatic N) is 1. The number of hydrogen-bond acceptors (Lipinski definition) is 3. The van der Waals surface area contributed by atoms with Gasteiger partial charge in [0.2, 0.25) is 0 Å². The lowest BCUT2D eigenvalue weighted by molar-refractivity contribution is 0.211. The van der Waals surface area contributed by atoms with E-state index in [0.29, 0.717) is 0 Å². The average Bonchev–Trinajstić information content (AvgIpc) is 2.80. The van der Waals surface area contributed by atoms with Crippen molar-refractivity contribution >= 4 is 0 Å². The second-order valence-corrected chi connectivity index (χ2v) is 5.53. The van der Waals surface area contributed by atoms with Crippen LogP contribution >= 0.6 is 0 Å². The second kappa shape index (κ2) is 6.58. The van der Waals surface area contributed by atoms with Gasteiger partial charge in [-0.1, -0.05) is 0 Å². The van der Waals surface area contributed by atoms with E-state index in [1.807, 2.05) is 0 Å². The number of rotatable bonds is 5. The van der Waals surface area contributed by atoms with Gasteiger partial charge in [-0.2, -0.15) is 0 Å². The van der Waals surface area contributed by atoms with Crippen LogP contribution in [0.3, 0.4) is 0 Å². The molecule has 0 aromatic heterocycles. The zero-order valence-corrected chi connectivity index (χ0v) is 10.7. The van der Waals surface area contributed by atoms with Gasteiger partial charge in [-0.3, -0.25) is 0 Å². The highest BCUT2D eigenvalue weighted by atomic mass is 15.1. The summed E-state index contributed by atoms with van der Waals surface area (Å²) in [5.41, 5.74) is 0. The number of piperidine rings is 1. The van der Waals surface area contributed by atoms with Crippen LogP contribution in [-0.4, -0.2) is 50.7 Å². The van der Waals surface area contributed by atoms with Crippen molar-refractivity contribution in [2.24, 2.45) is 5.92 Å². The van der Waals surface area contributed by atoms with Gasteiger partial charge in [-0.15, -0.1) is 0 Å². The largest absolute Gasteiger partial charge is 0.315 e. The lowest BCUT2D eigenvalue weighted by atomic mass is 9.94. The van der Waals surface area contributed by atoms with Gasteiger partial charge in [0.25, 0.3) is 0 Å². The topological polar surface area (TPSA) is 27.3 Å². The number of hydrogen-bond donors (Lipinski definition) is 2. The Bertz CT molecular complexity index is 182. The number of nitrogens with one attached hydrogen (secondary N) is 2. The molecule has 16 heavy (non-hydrogen) atoms. The van der Waals surface area contributed by atoms with Crippen LogP contribution in [-0.2, 0) is 0 Å². The van der Waals surface area contributed by atoms with Crippen LogP contribution in [0.4, 0.5) is 0 Å². The summed E-state index contributed by atoms with van der Waals surface area (Å²) >= 11 is 0. The molecule has 2 aliphatic heterocycles. The molecule has 2 aliphatic rings. The zero-order chi connectivity index (χ0) is 11.2. The van der Waals surface area contributed by atoms with E-state index in [0.717, 1.165) is 12.0 Å². The van der Waals surface area contributed by atoms with E-state index in [1.165, 1.54) is 64.8 Å². The molecular weight excluding hydrogens is 198 g/mol. The molecule has 3 nitrogen and oxygen atoms in total. The van der Waals surface area contributed by atoms with Crippen molar-refractivity contribution in [3.05, 3.63) is 0 Å². The predicted octanol–water partition coefficient (Wildman–Crippen LogP) is 1.06. The standard InChI is InChI=1S/C13H27N3/c1-16-9-5-12(6-10-16)4-8-14-11-13-3-2-7-15-13/h12-15H,2-11H2,1H3. The minimum absolute atomic E-state index is 0.748. The maximum atomic E-state index is 3.61. The molecule has 2 N–H and O–H groups in total. The van der Waals surface area contributed by atoms with Crippen molar-refractivity contribution in [1.82, 2.24) is 15.5 Å². The summed E-state index contributed by atoms with van der Waals surface area (Å²) in [6.07, 6.45) is 6.91. The molecule has 0 aromatic rings. The van der Waals surface area contributed by atoms with Crippen LogP contribution in [0.5, 0.6) is 0 Å². The van der Waals surface area contributed by atoms with Gasteiger partial charge in [0, 0.05) is 12.6 Å². The Labute approximate surface area is 100.0 Å². The van der Waals surface area contributed by atoms with Crippen LogP contribution in [0.1, 0.15) is 32.1 Å². The molecule has 2 saturated heterocycles. The summed E-state index contributed by atoms with van der Waals surface area (Å²) in [5, 5.41) is 7.14. The molecule has 0 saturated carbocycles. The first-order chi connectivity index (χ1) is 7.84. The van der Waals surface area contributed by atoms with E-state index in [4.69, 9.17) is 0 Å². The fourth-order valence-electron chi connectivity index (χ4n) is 2.86. The summed E-state index contributed by atoms with van der Waals surface area (Å²) in [7, 11) is 2.24. The summed E-state index contributed by atoms with van der Waals surface area (Å²) in [6.45, 7) is 6.21. The molecule has 2 heterocycles. The third-order valence-corrected chi connectivity index (χ3v) is 4.12. The molecule has 0 aromatic carbocycles. The Morgan fingerprint density at radius 1 is 1.25 bits per heavy atom. The van der Waals surface area contributed by atoms with Crippen molar-refractivity contribution in [1.29, 1.82) is 0 Å². The van der Waals surface area contributed by atoms with E-state index in [2.05, 4.69) is 22.6 Å². The smallest absolute Gasteiger partial charge is 0.0192 e. The van der Waals surface area contributed by atoms with Gasteiger partial charge in [0.15, 0.2) is 0 Å². The third-order valence-electron chi connectivity index (χ3n) is 4.12. The third kappa shape index (κ3) is 4.04. The van der Waals surface area contributed by atoms with E-state index < -0.39 is 0 Å². The Morgan fingerprint density at radius 2 is 2.06 bits per heavy atom. The van der Waals surface area contributed by atoms with Crippen LogP contribution in [0.2, 0.25) is 0 Å². The molecular formula is C13H27N3. The molecule has 2 fully saturated rings. The van der Waals surface area contributed by atoms with Crippen LogP contribution in [0.15, 0.2) is 0 Å². The van der Waals surface area contributed by atoms with Crippen molar-refractivity contribution in [3.8, 4) is 0 Å². The monoisotopic (exact) mass is 225 g/mol. The summed E-state index contributed by atoms with van der Waals surface area (Å²) in [5.74, 6) is 0.972. The van der Waals surface area contributed by atoms with E-state index in [-0.39, 0.29) is 0 Å². The van der Waals surface area contributed by atoms with Crippen LogP contribution < -0.4 is 10.6 Å². The maximum absolute atomic E-state index is 3.61. The Hall–Kier alpha value is -0.120. The second-order valence-electron chi connectivity index (χ2n) is 5.53. The fourth-order valence-corrected chi connectivity index (χ4v) is 2.86. The lowest BCUT2D eigenvalue weighted by Crippen LogP contribution is -2.36. The van der Waals surface area contributed by atoms with Gasteiger partial charge in [0.1, 0.15) is 0 Å². The zero-order valence-electron chi connectivity index (χ0n) is 10.7. The quantitative estimate of drug-likeness (QED) is 0.685. The molecule has 0 aliphatic carbocycles. The minimum atomic E-state index is 0.748. The molecule has 2 rings (SSSR count). The predicted molar refractivity (Wildman–Crippen MR) is 68.7 cm³/mol. The Morgan fingerprint density at radius 3 is 2.75 bits per heavy atom. The van der Waals surface area contributed by atoms with Gasteiger partial charge >= 0.3 is 0 Å². The lowest BCUT2D eigenvalue weighted by Gasteiger charge is -2.29. The first-order valence-corrected chi connectivity index (χ1v) is 6.97. The molecule has 3 heteroatoms. The molecule has 0 radical (unpaired) electrons. The Kier molecular flexibility index (Phi) is 5.07. The fraction of sp³-hybridized carbons (Fsp3) is 1.00. The molecule has 0 bridgehead atoms. The molecule has 94 valence electrons. The average molecular weight is 225 g/mol. The van der Waals surface area contributed by atoms with Crippen molar-refractivity contribution in [3.63, 3.8) is 0 Å². The van der Waals surface area contributed by atoms with Gasteiger partial charge in [-0.05, 0) is 71.2 Å². The summed E-state index contributed by atoms with van der Waals surface area (Å²) < 4.78 is 0. The van der Waals surface area contributed by atoms with Gasteiger partial charge in [0.05, 0.1) is 0 Å². The van der Waals surface area contributed by atoms with Crippen molar-refractivity contribution in [2.45, 2.75) is 38.1 Å². The van der Waals surface area contributed by atoms with E-state index in [9.17, 15) is 0 Å². The molecule has 1 atom stereocenters. The first kappa shape index (κ1) is 12.3. The molecule has 1 unspecified atom stereocenters. The summed E-state index contributed by atoms with van der Waals surface area (Å²) in [6, 6.07) is 0.748. The van der Waals surface area contributed by atoms with Crippen LogP contribution in [0.25, 0.3) is 0 Å². The van der Waals surface area contributed by atoms with Crippen molar-refractivity contribution < 1.29 is 0 Å². The van der Waals surface area contributed by atoms with Gasteiger partial charge in [-0.25, -0.2) is 0 Å². The highest BCUT2D eigenvalue weighted by molar-refractivity contribution is 4.77. The maximum Gasteiger partial charge on any atom is 0.0192 e. The Balaban J connectivity index is 1.48.